The van der Waals surface area contributed by atoms with Crippen molar-refractivity contribution in [3.05, 3.63) is 0 Å². The van der Waals surface area contributed by atoms with Gasteiger partial charge in [-0.15, -0.1) is 0 Å². The molecule has 0 radical (unpaired) electrons. The van der Waals surface area contributed by atoms with Gasteiger partial charge < -0.3 is 10.2 Å². The van der Waals surface area contributed by atoms with Gasteiger partial charge in [-0.2, -0.15) is 0 Å². The first-order valence-corrected chi connectivity index (χ1v) is 6.70. The molecule has 0 rings (SSSR count). The molecule has 0 aliphatic carbocycles. The summed E-state index contributed by atoms with van der Waals surface area (Å²) in [5.41, 5.74) is -1.16. The predicted octanol–water partition coefficient (Wildman–Crippen LogP) is 3.51. The molecule has 1 unspecified atom stereocenters. The minimum atomic E-state index is -0.757. The quantitative estimate of drug-likeness (QED) is 0.595. The Morgan fingerprint density at radius 1 is 0.875 bits per heavy atom. The molecule has 0 bridgehead atoms. The number of unbranched alkanes of at least 4 members (excludes halogenated alkanes) is 5. The molecule has 98 valence electrons. The van der Waals surface area contributed by atoms with E-state index in [-0.39, 0.29) is 6.61 Å². The highest BCUT2D eigenvalue weighted by Gasteiger charge is 2.37. The van der Waals surface area contributed by atoms with Crippen LogP contribution in [0.1, 0.15) is 72.6 Å². The molecule has 0 spiro atoms. The second-order valence-electron chi connectivity index (χ2n) is 5.83. The average molecular weight is 230 g/mol. The third-order valence-corrected chi connectivity index (χ3v) is 3.87. The van der Waals surface area contributed by atoms with Crippen LogP contribution in [-0.4, -0.2) is 22.4 Å². The van der Waals surface area contributed by atoms with E-state index in [1.807, 2.05) is 20.8 Å². The highest BCUT2D eigenvalue weighted by Crippen LogP contribution is 2.34. The van der Waals surface area contributed by atoms with E-state index in [1.165, 1.54) is 32.1 Å². The van der Waals surface area contributed by atoms with Gasteiger partial charge in [-0.3, -0.25) is 0 Å². The van der Waals surface area contributed by atoms with E-state index >= 15 is 0 Å². The third kappa shape index (κ3) is 5.31. The number of hydrogen-bond donors (Lipinski definition) is 2. The lowest BCUT2D eigenvalue weighted by molar-refractivity contribution is -0.0833. The Labute approximate surface area is 101 Å². The summed E-state index contributed by atoms with van der Waals surface area (Å²) in [6, 6.07) is 0. The summed E-state index contributed by atoms with van der Waals surface area (Å²) in [6.45, 7) is 7.94. The Morgan fingerprint density at radius 2 is 1.38 bits per heavy atom. The van der Waals surface area contributed by atoms with Crippen LogP contribution in [0.2, 0.25) is 0 Å². The van der Waals surface area contributed by atoms with Crippen molar-refractivity contribution in [1.29, 1.82) is 0 Å². The van der Waals surface area contributed by atoms with E-state index in [0.29, 0.717) is 0 Å². The third-order valence-electron chi connectivity index (χ3n) is 3.87. The van der Waals surface area contributed by atoms with Gasteiger partial charge in [0.05, 0.1) is 12.2 Å². The summed E-state index contributed by atoms with van der Waals surface area (Å²) in [4.78, 5) is 0. The minimum Gasteiger partial charge on any atom is -0.396 e. The van der Waals surface area contributed by atoms with Crippen LogP contribution in [0.4, 0.5) is 0 Å². The van der Waals surface area contributed by atoms with Crippen LogP contribution < -0.4 is 0 Å². The molecule has 0 saturated carbocycles. The summed E-state index contributed by atoms with van der Waals surface area (Å²) in [5.74, 6) is 0. The van der Waals surface area contributed by atoms with E-state index in [0.717, 1.165) is 12.8 Å². The summed E-state index contributed by atoms with van der Waals surface area (Å²) in [5, 5.41) is 19.5. The van der Waals surface area contributed by atoms with Crippen molar-refractivity contribution in [2.45, 2.75) is 78.2 Å². The number of aliphatic hydroxyl groups is 2. The molecule has 2 nitrogen and oxygen atoms in total. The number of aliphatic hydroxyl groups excluding tert-OH is 1. The van der Waals surface area contributed by atoms with Gasteiger partial charge in [0.25, 0.3) is 0 Å². The fourth-order valence-corrected chi connectivity index (χ4v) is 1.76. The lowest BCUT2D eigenvalue weighted by Crippen LogP contribution is -2.44. The molecule has 0 aromatic heterocycles. The van der Waals surface area contributed by atoms with Crippen molar-refractivity contribution in [2.24, 2.45) is 5.41 Å². The largest absolute Gasteiger partial charge is 0.396 e. The van der Waals surface area contributed by atoms with Gasteiger partial charge in [-0.1, -0.05) is 59.3 Å². The molecule has 16 heavy (non-hydrogen) atoms. The number of rotatable bonds is 9. The van der Waals surface area contributed by atoms with Crippen molar-refractivity contribution in [1.82, 2.24) is 0 Å². The Hall–Kier alpha value is -0.0800. The van der Waals surface area contributed by atoms with Crippen LogP contribution in [0.3, 0.4) is 0 Å². The SMILES string of the molecule is CCCCCCCCC(C)(O)C(C)(C)CO. The van der Waals surface area contributed by atoms with Gasteiger partial charge in [0.15, 0.2) is 0 Å². The summed E-state index contributed by atoms with van der Waals surface area (Å²) in [7, 11) is 0. The van der Waals surface area contributed by atoms with Gasteiger partial charge in [-0.25, -0.2) is 0 Å². The molecule has 0 aromatic rings. The fourth-order valence-electron chi connectivity index (χ4n) is 1.76. The van der Waals surface area contributed by atoms with Crippen molar-refractivity contribution >= 4 is 0 Å². The van der Waals surface area contributed by atoms with Gasteiger partial charge in [0.1, 0.15) is 0 Å². The van der Waals surface area contributed by atoms with Crippen molar-refractivity contribution in [2.75, 3.05) is 6.61 Å². The second-order valence-corrected chi connectivity index (χ2v) is 5.83. The molecule has 0 aliphatic rings. The highest BCUT2D eigenvalue weighted by atomic mass is 16.3. The van der Waals surface area contributed by atoms with Crippen molar-refractivity contribution < 1.29 is 10.2 Å². The fraction of sp³-hybridized carbons (Fsp3) is 1.00. The molecule has 2 N–H and O–H groups in total. The zero-order valence-corrected chi connectivity index (χ0v) is 11.6. The minimum absolute atomic E-state index is 0.0375. The predicted molar refractivity (Wildman–Crippen MR) is 69.5 cm³/mol. The summed E-state index contributed by atoms with van der Waals surface area (Å²) >= 11 is 0. The first-order chi connectivity index (χ1) is 7.37. The van der Waals surface area contributed by atoms with Crippen LogP contribution in [0, 0.1) is 5.41 Å². The molecular formula is C14H30O2. The first-order valence-electron chi connectivity index (χ1n) is 6.70. The standard InChI is InChI=1S/C14H30O2/c1-5-6-7-8-9-10-11-14(4,16)13(2,3)12-15/h15-16H,5-12H2,1-4H3. The zero-order chi connectivity index (χ0) is 12.7. The van der Waals surface area contributed by atoms with E-state index in [2.05, 4.69) is 6.92 Å². The smallest absolute Gasteiger partial charge is 0.0692 e. The van der Waals surface area contributed by atoms with Crippen LogP contribution in [0.15, 0.2) is 0 Å². The Balaban J connectivity index is 3.74. The maximum Gasteiger partial charge on any atom is 0.0692 e. The van der Waals surface area contributed by atoms with E-state index in [1.54, 1.807) is 0 Å². The average Bonchev–Trinajstić information content (AvgIpc) is 2.23. The molecule has 0 aromatic carbocycles. The van der Waals surface area contributed by atoms with Crippen molar-refractivity contribution in [3.8, 4) is 0 Å². The second kappa shape index (κ2) is 7.29. The molecule has 0 heterocycles. The molecule has 2 heteroatoms. The van der Waals surface area contributed by atoms with Crippen LogP contribution >= 0.6 is 0 Å². The lowest BCUT2D eigenvalue weighted by Gasteiger charge is -2.38. The maximum absolute atomic E-state index is 10.3. The molecule has 0 aliphatic heterocycles. The zero-order valence-electron chi connectivity index (χ0n) is 11.6. The highest BCUT2D eigenvalue weighted by molar-refractivity contribution is 4.88. The van der Waals surface area contributed by atoms with Crippen molar-refractivity contribution in [3.63, 3.8) is 0 Å². The van der Waals surface area contributed by atoms with Crippen LogP contribution in [-0.2, 0) is 0 Å². The molecule has 1 atom stereocenters. The molecule has 0 fully saturated rings. The van der Waals surface area contributed by atoms with Crippen LogP contribution in [0.5, 0.6) is 0 Å². The summed E-state index contributed by atoms with van der Waals surface area (Å²) in [6.07, 6.45) is 8.20. The van der Waals surface area contributed by atoms with E-state index in [4.69, 9.17) is 0 Å². The molecular weight excluding hydrogens is 200 g/mol. The Morgan fingerprint density at radius 3 is 1.88 bits per heavy atom. The van der Waals surface area contributed by atoms with E-state index < -0.39 is 11.0 Å². The monoisotopic (exact) mass is 230 g/mol. The molecule has 0 saturated heterocycles. The maximum atomic E-state index is 10.3. The van der Waals surface area contributed by atoms with Gasteiger partial charge >= 0.3 is 0 Å². The normalized spacial score (nSPS) is 16.1. The molecule has 0 amide bonds. The first kappa shape index (κ1) is 15.9. The van der Waals surface area contributed by atoms with Crippen LogP contribution in [0.25, 0.3) is 0 Å². The number of hydrogen-bond acceptors (Lipinski definition) is 2. The Kier molecular flexibility index (Phi) is 7.25. The van der Waals surface area contributed by atoms with Gasteiger partial charge in [-0.05, 0) is 13.3 Å². The Bertz CT molecular complexity index is 174. The lowest BCUT2D eigenvalue weighted by atomic mass is 9.74. The van der Waals surface area contributed by atoms with E-state index in [9.17, 15) is 10.2 Å². The van der Waals surface area contributed by atoms with Gasteiger partial charge in [0, 0.05) is 5.41 Å². The topological polar surface area (TPSA) is 40.5 Å². The van der Waals surface area contributed by atoms with Gasteiger partial charge in [0.2, 0.25) is 0 Å². The summed E-state index contributed by atoms with van der Waals surface area (Å²) < 4.78 is 0.